The molecular weight excluding hydrogens is 238 g/mol. The van der Waals surface area contributed by atoms with Crippen LogP contribution in [0.4, 0.5) is 11.6 Å². The topological polar surface area (TPSA) is 62.3 Å². The van der Waals surface area contributed by atoms with Crippen LogP contribution in [0.2, 0.25) is 0 Å². The second-order valence-corrected chi connectivity index (χ2v) is 6.53. The van der Waals surface area contributed by atoms with Crippen LogP contribution in [0.5, 0.6) is 0 Å². The predicted octanol–water partition coefficient (Wildman–Crippen LogP) is 0.747. The molecule has 1 N–H and O–H groups in total. The van der Waals surface area contributed by atoms with Crippen LogP contribution in [0.25, 0.3) is 0 Å². The number of pyridine rings is 1. The number of hydrogen-bond acceptors (Lipinski definition) is 5. The molecule has 1 aliphatic rings. The molecular formula is C11H17N3O2S. The standard InChI is InChI=1S/C11H17N3O2S/c1-12-10-4-3-5-11(13-10)14(2)9-6-7-17(15,16)8-9/h3-5,9H,6-8H2,1-2H3,(H,12,13). The van der Waals surface area contributed by atoms with Gasteiger partial charge in [-0.1, -0.05) is 6.07 Å². The Morgan fingerprint density at radius 1 is 1.47 bits per heavy atom. The van der Waals surface area contributed by atoms with Gasteiger partial charge in [-0.3, -0.25) is 0 Å². The smallest absolute Gasteiger partial charge is 0.152 e. The molecule has 1 aliphatic heterocycles. The minimum atomic E-state index is -2.85. The van der Waals surface area contributed by atoms with E-state index < -0.39 is 9.84 Å². The zero-order chi connectivity index (χ0) is 12.5. The van der Waals surface area contributed by atoms with Crippen LogP contribution in [-0.2, 0) is 9.84 Å². The number of aromatic nitrogens is 1. The summed E-state index contributed by atoms with van der Waals surface area (Å²) in [4.78, 5) is 6.35. The van der Waals surface area contributed by atoms with Crippen molar-refractivity contribution < 1.29 is 8.42 Å². The number of sulfone groups is 1. The summed E-state index contributed by atoms with van der Waals surface area (Å²) in [5, 5.41) is 2.97. The van der Waals surface area contributed by atoms with Gasteiger partial charge in [0.25, 0.3) is 0 Å². The lowest BCUT2D eigenvalue weighted by atomic mass is 10.2. The molecule has 1 saturated heterocycles. The molecule has 0 aliphatic carbocycles. The number of anilines is 2. The van der Waals surface area contributed by atoms with Gasteiger partial charge < -0.3 is 10.2 Å². The minimum absolute atomic E-state index is 0.0413. The second-order valence-electron chi connectivity index (χ2n) is 4.30. The second kappa shape index (κ2) is 4.52. The van der Waals surface area contributed by atoms with Crippen LogP contribution in [0.1, 0.15) is 6.42 Å². The summed E-state index contributed by atoms with van der Waals surface area (Å²) in [7, 11) is 0.859. The van der Waals surface area contributed by atoms with Crippen molar-refractivity contribution in [3.05, 3.63) is 18.2 Å². The summed E-state index contributed by atoms with van der Waals surface area (Å²) < 4.78 is 22.9. The third kappa shape index (κ3) is 2.69. The number of rotatable bonds is 3. The van der Waals surface area contributed by atoms with E-state index in [1.165, 1.54) is 0 Å². The largest absolute Gasteiger partial charge is 0.373 e. The van der Waals surface area contributed by atoms with E-state index in [-0.39, 0.29) is 17.5 Å². The molecule has 2 rings (SSSR count). The first kappa shape index (κ1) is 12.2. The molecule has 1 aromatic rings. The first-order chi connectivity index (χ1) is 8.02. The normalized spacial score (nSPS) is 22.4. The first-order valence-corrected chi connectivity index (χ1v) is 7.42. The van der Waals surface area contributed by atoms with Gasteiger partial charge in [-0.2, -0.15) is 0 Å². The lowest BCUT2D eigenvalue weighted by Crippen LogP contribution is -2.33. The Labute approximate surface area is 102 Å². The molecule has 1 unspecified atom stereocenters. The Hall–Kier alpha value is -1.30. The molecule has 6 heteroatoms. The maximum absolute atomic E-state index is 11.4. The molecule has 1 fully saturated rings. The SMILES string of the molecule is CNc1cccc(N(C)C2CCS(=O)(=O)C2)n1. The average Bonchev–Trinajstić information content (AvgIpc) is 2.69. The zero-order valence-electron chi connectivity index (χ0n) is 10.0. The average molecular weight is 255 g/mol. The lowest BCUT2D eigenvalue weighted by molar-refractivity contribution is 0.600. The van der Waals surface area contributed by atoms with E-state index in [1.54, 1.807) is 0 Å². The molecule has 0 saturated carbocycles. The van der Waals surface area contributed by atoms with Crippen LogP contribution in [0, 0.1) is 0 Å². The maximum atomic E-state index is 11.4. The van der Waals surface area contributed by atoms with Crippen LogP contribution < -0.4 is 10.2 Å². The van der Waals surface area contributed by atoms with E-state index in [2.05, 4.69) is 10.3 Å². The van der Waals surface area contributed by atoms with Gasteiger partial charge in [0.1, 0.15) is 11.6 Å². The summed E-state index contributed by atoms with van der Waals surface area (Å²) in [6.07, 6.45) is 0.685. The maximum Gasteiger partial charge on any atom is 0.152 e. The van der Waals surface area contributed by atoms with E-state index >= 15 is 0 Å². The molecule has 94 valence electrons. The quantitative estimate of drug-likeness (QED) is 0.863. The van der Waals surface area contributed by atoms with Gasteiger partial charge in [0, 0.05) is 20.1 Å². The van der Waals surface area contributed by atoms with Crippen LogP contribution in [0.15, 0.2) is 18.2 Å². The highest BCUT2D eigenvalue weighted by molar-refractivity contribution is 7.91. The highest BCUT2D eigenvalue weighted by Gasteiger charge is 2.31. The van der Waals surface area contributed by atoms with Crippen molar-refractivity contribution in [2.45, 2.75) is 12.5 Å². The molecule has 0 radical (unpaired) electrons. The van der Waals surface area contributed by atoms with Gasteiger partial charge >= 0.3 is 0 Å². The van der Waals surface area contributed by atoms with E-state index in [0.29, 0.717) is 6.42 Å². The van der Waals surface area contributed by atoms with E-state index in [0.717, 1.165) is 11.6 Å². The predicted molar refractivity (Wildman–Crippen MR) is 69.2 cm³/mol. The number of hydrogen-bond donors (Lipinski definition) is 1. The fourth-order valence-corrected chi connectivity index (χ4v) is 3.80. The Morgan fingerprint density at radius 2 is 2.24 bits per heavy atom. The van der Waals surface area contributed by atoms with Crippen LogP contribution >= 0.6 is 0 Å². The Kier molecular flexibility index (Phi) is 3.24. The van der Waals surface area contributed by atoms with Gasteiger partial charge in [-0.25, -0.2) is 13.4 Å². The molecule has 1 aromatic heterocycles. The van der Waals surface area contributed by atoms with Gasteiger partial charge in [-0.15, -0.1) is 0 Å². The highest BCUT2D eigenvalue weighted by atomic mass is 32.2. The zero-order valence-corrected chi connectivity index (χ0v) is 10.9. The van der Waals surface area contributed by atoms with Gasteiger partial charge in [0.05, 0.1) is 11.5 Å². The highest BCUT2D eigenvalue weighted by Crippen LogP contribution is 2.22. The third-order valence-electron chi connectivity index (χ3n) is 3.11. The molecule has 5 nitrogen and oxygen atoms in total. The monoisotopic (exact) mass is 255 g/mol. The molecule has 0 aromatic carbocycles. The van der Waals surface area contributed by atoms with E-state index in [1.807, 2.05) is 37.2 Å². The lowest BCUT2D eigenvalue weighted by Gasteiger charge is -2.24. The molecule has 17 heavy (non-hydrogen) atoms. The van der Waals surface area contributed by atoms with Crippen molar-refractivity contribution in [1.29, 1.82) is 0 Å². The molecule has 1 atom stereocenters. The fraction of sp³-hybridized carbons (Fsp3) is 0.545. The summed E-state index contributed by atoms with van der Waals surface area (Å²) in [6, 6.07) is 5.72. The van der Waals surface area contributed by atoms with Gasteiger partial charge in [-0.05, 0) is 18.6 Å². The summed E-state index contributed by atoms with van der Waals surface area (Å²) in [5.74, 6) is 2.11. The minimum Gasteiger partial charge on any atom is -0.373 e. The van der Waals surface area contributed by atoms with Crippen molar-refractivity contribution in [2.24, 2.45) is 0 Å². The Balaban J connectivity index is 2.17. The first-order valence-electron chi connectivity index (χ1n) is 5.60. The van der Waals surface area contributed by atoms with Crippen molar-refractivity contribution in [3.63, 3.8) is 0 Å². The van der Waals surface area contributed by atoms with Crippen molar-refractivity contribution in [2.75, 3.05) is 35.8 Å². The van der Waals surface area contributed by atoms with Gasteiger partial charge in [0.15, 0.2) is 9.84 Å². The molecule has 0 spiro atoms. The Morgan fingerprint density at radius 3 is 2.82 bits per heavy atom. The summed E-state index contributed by atoms with van der Waals surface area (Å²) >= 11 is 0. The van der Waals surface area contributed by atoms with Crippen molar-refractivity contribution in [3.8, 4) is 0 Å². The van der Waals surface area contributed by atoms with Gasteiger partial charge in [0.2, 0.25) is 0 Å². The van der Waals surface area contributed by atoms with Crippen molar-refractivity contribution in [1.82, 2.24) is 4.98 Å². The van der Waals surface area contributed by atoms with Crippen LogP contribution in [-0.4, -0.2) is 45.0 Å². The molecule has 2 heterocycles. The van der Waals surface area contributed by atoms with Crippen molar-refractivity contribution >= 4 is 21.5 Å². The summed E-state index contributed by atoms with van der Waals surface area (Å²) in [5.41, 5.74) is 0. The van der Waals surface area contributed by atoms with E-state index in [4.69, 9.17) is 0 Å². The fourth-order valence-electron chi connectivity index (χ4n) is 2.03. The number of nitrogens with zero attached hydrogens (tertiary/aromatic N) is 2. The number of nitrogens with one attached hydrogen (secondary N) is 1. The molecule has 0 amide bonds. The van der Waals surface area contributed by atoms with Crippen LogP contribution in [0.3, 0.4) is 0 Å². The van der Waals surface area contributed by atoms with E-state index in [9.17, 15) is 8.42 Å². The summed E-state index contributed by atoms with van der Waals surface area (Å²) in [6.45, 7) is 0. The third-order valence-corrected chi connectivity index (χ3v) is 4.86. The molecule has 0 bridgehead atoms. The Bertz CT molecular complexity index is 501.